The van der Waals surface area contributed by atoms with Crippen LogP contribution < -0.4 is 0 Å². The van der Waals surface area contributed by atoms with Crippen molar-refractivity contribution in [1.29, 1.82) is 0 Å². The van der Waals surface area contributed by atoms with Gasteiger partial charge in [-0.15, -0.1) is 0 Å². The van der Waals surface area contributed by atoms with Gasteiger partial charge >= 0.3 is 0 Å². The summed E-state index contributed by atoms with van der Waals surface area (Å²) in [5.41, 5.74) is 0.474. The standard InChI is InChI=1S/C11H17ClN2O3/c1-16-5-3-14(4-6-17-2)11(15)10-7-9(12)8-13-10/h7-8,13H,3-6H2,1-2H3. The summed E-state index contributed by atoms with van der Waals surface area (Å²) in [6, 6.07) is 1.61. The molecule has 0 saturated heterocycles. The Kier molecular flexibility index (Phi) is 6.04. The van der Waals surface area contributed by atoms with Gasteiger partial charge in [-0.05, 0) is 6.07 Å². The zero-order valence-corrected chi connectivity index (χ0v) is 10.8. The van der Waals surface area contributed by atoms with Crippen LogP contribution in [0.15, 0.2) is 12.3 Å². The van der Waals surface area contributed by atoms with Gasteiger partial charge in [0.15, 0.2) is 0 Å². The van der Waals surface area contributed by atoms with Crippen molar-refractivity contribution in [1.82, 2.24) is 9.88 Å². The van der Waals surface area contributed by atoms with E-state index in [0.717, 1.165) is 0 Å². The minimum Gasteiger partial charge on any atom is -0.383 e. The largest absolute Gasteiger partial charge is 0.383 e. The second kappa shape index (κ2) is 7.32. The minimum absolute atomic E-state index is 0.106. The van der Waals surface area contributed by atoms with Crippen LogP contribution in [0.1, 0.15) is 10.5 Å². The molecule has 0 fully saturated rings. The SMILES string of the molecule is COCCN(CCOC)C(=O)c1cc(Cl)c[nH]1. The summed E-state index contributed by atoms with van der Waals surface area (Å²) in [5, 5.41) is 0.520. The molecule has 5 nitrogen and oxygen atoms in total. The molecule has 0 unspecified atom stereocenters. The third kappa shape index (κ3) is 4.38. The molecule has 0 bridgehead atoms. The highest BCUT2D eigenvalue weighted by atomic mass is 35.5. The molecule has 6 heteroatoms. The average Bonchev–Trinajstić information content (AvgIpc) is 2.75. The molecule has 0 atom stereocenters. The number of rotatable bonds is 7. The highest BCUT2D eigenvalue weighted by molar-refractivity contribution is 6.30. The van der Waals surface area contributed by atoms with E-state index < -0.39 is 0 Å². The number of methoxy groups -OCH3 is 2. The number of carbonyl (C=O) groups is 1. The number of nitrogens with zero attached hydrogens (tertiary/aromatic N) is 1. The molecule has 1 N–H and O–H groups in total. The van der Waals surface area contributed by atoms with Crippen molar-refractivity contribution < 1.29 is 14.3 Å². The lowest BCUT2D eigenvalue weighted by molar-refractivity contribution is 0.0622. The summed E-state index contributed by atoms with van der Waals surface area (Å²) in [5.74, 6) is -0.106. The van der Waals surface area contributed by atoms with Crippen molar-refractivity contribution in [2.24, 2.45) is 0 Å². The summed E-state index contributed by atoms with van der Waals surface area (Å²) < 4.78 is 9.95. The topological polar surface area (TPSA) is 54.6 Å². The van der Waals surface area contributed by atoms with E-state index in [9.17, 15) is 4.79 Å². The molecule has 1 aromatic rings. The van der Waals surface area contributed by atoms with Gasteiger partial charge in [0.1, 0.15) is 5.69 Å². The predicted octanol–water partition coefficient (Wildman–Crippen LogP) is 1.40. The summed E-state index contributed by atoms with van der Waals surface area (Å²) in [6.07, 6.45) is 1.58. The van der Waals surface area contributed by atoms with Crippen LogP contribution >= 0.6 is 11.6 Å². The van der Waals surface area contributed by atoms with Crippen LogP contribution in [0.4, 0.5) is 0 Å². The van der Waals surface area contributed by atoms with Gasteiger partial charge in [-0.3, -0.25) is 4.79 Å². The predicted molar refractivity (Wildman–Crippen MR) is 65.5 cm³/mol. The molecule has 1 heterocycles. The van der Waals surface area contributed by atoms with E-state index in [4.69, 9.17) is 21.1 Å². The first-order chi connectivity index (χ1) is 8.19. The van der Waals surface area contributed by atoms with Crippen molar-refractivity contribution in [3.63, 3.8) is 0 Å². The van der Waals surface area contributed by atoms with Crippen LogP contribution in [-0.4, -0.2) is 56.3 Å². The van der Waals surface area contributed by atoms with Crippen molar-refractivity contribution in [2.75, 3.05) is 40.5 Å². The van der Waals surface area contributed by atoms with Gasteiger partial charge in [-0.1, -0.05) is 11.6 Å². The molecule has 96 valence electrons. The number of carbonyl (C=O) groups excluding carboxylic acids is 1. The van der Waals surface area contributed by atoms with Crippen molar-refractivity contribution in [3.8, 4) is 0 Å². The van der Waals surface area contributed by atoms with E-state index in [1.165, 1.54) is 0 Å². The number of amides is 1. The zero-order chi connectivity index (χ0) is 12.7. The highest BCUT2D eigenvalue weighted by Gasteiger charge is 2.16. The van der Waals surface area contributed by atoms with Gasteiger partial charge in [0.2, 0.25) is 0 Å². The lowest BCUT2D eigenvalue weighted by atomic mass is 10.3. The second-order valence-corrected chi connectivity index (χ2v) is 3.95. The zero-order valence-electron chi connectivity index (χ0n) is 10.0. The summed E-state index contributed by atoms with van der Waals surface area (Å²) >= 11 is 5.77. The smallest absolute Gasteiger partial charge is 0.270 e. The molecule has 1 aromatic heterocycles. The van der Waals surface area contributed by atoms with E-state index >= 15 is 0 Å². The normalized spacial score (nSPS) is 10.5. The Morgan fingerprint density at radius 3 is 2.35 bits per heavy atom. The Balaban J connectivity index is 2.64. The van der Waals surface area contributed by atoms with Crippen LogP contribution in [0.5, 0.6) is 0 Å². The van der Waals surface area contributed by atoms with Crippen LogP contribution in [-0.2, 0) is 9.47 Å². The van der Waals surface area contributed by atoms with Crippen molar-refractivity contribution in [2.45, 2.75) is 0 Å². The molecule has 0 aliphatic heterocycles. The van der Waals surface area contributed by atoms with Crippen LogP contribution in [0.25, 0.3) is 0 Å². The molecule has 0 saturated carbocycles. The molecule has 0 aliphatic rings. The van der Waals surface area contributed by atoms with E-state index in [1.807, 2.05) is 0 Å². The monoisotopic (exact) mass is 260 g/mol. The number of halogens is 1. The molecule has 17 heavy (non-hydrogen) atoms. The quantitative estimate of drug-likeness (QED) is 0.806. The number of aromatic nitrogens is 1. The number of ether oxygens (including phenoxy) is 2. The van der Waals surface area contributed by atoms with Gasteiger partial charge in [-0.2, -0.15) is 0 Å². The number of nitrogens with one attached hydrogen (secondary N) is 1. The Hall–Kier alpha value is -1.04. The van der Waals surface area contributed by atoms with Gasteiger partial charge < -0.3 is 19.4 Å². The first kappa shape index (κ1) is 14.0. The van der Waals surface area contributed by atoms with Crippen molar-refractivity contribution in [3.05, 3.63) is 23.0 Å². The lowest BCUT2D eigenvalue weighted by Crippen LogP contribution is -2.36. The Bertz CT molecular complexity index is 346. The van der Waals surface area contributed by atoms with Crippen LogP contribution in [0.2, 0.25) is 5.02 Å². The van der Waals surface area contributed by atoms with Gasteiger partial charge in [0.05, 0.1) is 18.2 Å². The summed E-state index contributed by atoms with van der Waals surface area (Å²) in [7, 11) is 3.20. The molecule has 1 rings (SSSR count). The number of H-pyrrole nitrogens is 1. The lowest BCUT2D eigenvalue weighted by Gasteiger charge is -2.21. The first-order valence-electron chi connectivity index (χ1n) is 5.30. The molecule has 0 radical (unpaired) electrons. The van der Waals surface area contributed by atoms with E-state index in [2.05, 4.69) is 4.98 Å². The van der Waals surface area contributed by atoms with Crippen LogP contribution in [0, 0.1) is 0 Å². The van der Waals surface area contributed by atoms with Gasteiger partial charge in [-0.25, -0.2) is 0 Å². The van der Waals surface area contributed by atoms with Crippen molar-refractivity contribution >= 4 is 17.5 Å². The average molecular weight is 261 g/mol. The fourth-order valence-corrected chi connectivity index (χ4v) is 1.54. The minimum atomic E-state index is -0.106. The summed E-state index contributed by atoms with van der Waals surface area (Å²) in [6.45, 7) is 2.03. The fraction of sp³-hybridized carbons (Fsp3) is 0.545. The van der Waals surface area contributed by atoms with Crippen LogP contribution in [0.3, 0.4) is 0 Å². The fourth-order valence-electron chi connectivity index (χ4n) is 1.38. The molecule has 0 aliphatic carbocycles. The van der Waals surface area contributed by atoms with Gasteiger partial charge in [0, 0.05) is 33.5 Å². The Labute approximate surface area is 106 Å². The second-order valence-electron chi connectivity index (χ2n) is 3.51. The molecule has 0 aromatic carbocycles. The molecule has 1 amide bonds. The number of aromatic amines is 1. The first-order valence-corrected chi connectivity index (χ1v) is 5.68. The maximum atomic E-state index is 12.1. The molecular formula is C11H17ClN2O3. The third-order valence-electron chi connectivity index (χ3n) is 2.30. The Morgan fingerprint density at radius 2 is 1.94 bits per heavy atom. The molecule has 0 spiro atoms. The Morgan fingerprint density at radius 1 is 1.35 bits per heavy atom. The summed E-state index contributed by atoms with van der Waals surface area (Å²) in [4.78, 5) is 16.6. The van der Waals surface area contributed by atoms with E-state index in [0.29, 0.717) is 37.0 Å². The van der Waals surface area contributed by atoms with Gasteiger partial charge in [0.25, 0.3) is 5.91 Å². The van der Waals surface area contributed by atoms with E-state index in [1.54, 1.807) is 31.4 Å². The molecular weight excluding hydrogens is 244 g/mol. The number of hydrogen-bond acceptors (Lipinski definition) is 3. The maximum Gasteiger partial charge on any atom is 0.270 e. The number of hydrogen-bond donors (Lipinski definition) is 1. The van der Waals surface area contributed by atoms with E-state index in [-0.39, 0.29) is 5.91 Å². The highest BCUT2D eigenvalue weighted by Crippen LogP contribution is 2.11. The third-order valence-corrected chi connectivity index (χ3v) is 2.51. The maximum absolute atomic E-state index is 12.1.